The molecule has 1 N–H and O–H groups in total. The topological polar surface area (TPSA) is 124 Å². The van der Waals surface area contributed by atoms with Gasteiger partial charge in [0.2, 0.25) is 0 Å². The van der Waals surface area contributed by atoms with Gasteiger partial charge in [0, 0.05) is 29.9 Å². The van der Waals surface area contributed by atoms with Crippen LogP contribution in [-0.2, 0) is 32.9 Å². The molecule has 0 bridgehead atoms. The van der Waals surface area contributed by atoms with Crippen molar-refractivity contribution in [3.63, 3.8) is 0 Å². The minimum atomic E-state index is -4.11. The molecule has 0 saturated heterocycles. The van der Waals surface area contributed by atoms with Crippen molar-refractivity contribution < 1.29 is 27.2 Å². The number of unbranched alkanes of at least 4 members (excludes halogenated alkanes) is 2. The monoisotopic (exact) mass is 698 g/mol. The number of carbonyl (C=O) groups is 1. The van der Waals surface area contributed by atoms with E-state index in [4.69, 9.17) is 8.92 Å². The maximum atomic E-state index is 13.2. The van der Waals surface area contributed by atoms with E-state index >= 15 is 0 Å². The predicted molar refractivity (Wildman–Crippen MR) is 176 cm³/mol. The van der Waals surface area contributed by atoms with Crippen molar-refractivity contribution in [2.75, 3.05) is 11.9 Å². The van der Waals surface area contributed by atoms with Gasteiger partial charge in [-0.1, -0.05) is 51.8 Å². The molecule has 45 heavy (non-hydrogen) atoms. The number of phenolic OH excluding ortho intramolecular Hbond substituents is 1. The molecule has 4 aromatic rings. The van der Waals surface area contributed by atoms with Crippen molar-refractivity contribution in [3.05, 3.63) is 81.9 Å². The van der Waals surface area contributed by atoms with E-state index in [2.05, 4.69) is 26.2 Å². The lowest BCUT2D eigenvalue weighted by Gasteiger charge is -2.33. The van der Waals surface area contributed by atoms with Crippen LogP contribution in [0.3, 0.4) is 0 Å². The number of phenols is 1. The van der Waals surface area contributed by atoms with E-state index in [1.807, 2.05) is 55.8 Å². The number of carbonyl (C=O) groups excluding carboxylic acids is 1. The molecule has 240 valence electrons. The van der Waals surface area contributed by atoms with Crippen LogP contribution in [-0.4, -0.2) is 50.7 Å². The third-order valence-corrected chi connectivity index (χ3v) is 10.4. The summed E-state index contributed by atoms with van der Waals surface area (Å²) >= 11 is 3.48. The molecule has 10 nitrogen and oxygen atoms in total. The van der Waals surface area contributed by atoms with Crippen molar-refractivity contribution in [1.82, 2.24) is 19.3 Å². The Balaban J connectivity index is 1.52. The molecule has 1 unspecified atom stereocenters. The van der Waals surface area contributed by atoms with Gasteiger partial charge < -0.3 is 14.0 Å². The second-order valence-corrected chi connectivity index (χ2v) is 13.7. The first-order valence-electron chi connectivity index (χ1n) is 15.2. The van der Waals surface area contributed by atoms with E-state index in [9.17, 15) is 18.3 Å². The first-order chi connectivity index (χ1) is 21.5. The highest BCUT2D eigenvalue weighted by Crippen LogP contribution is 2.39. The molecule has 0 fully saturated rings. The van der Waals surface area contributed by atoms with Gasteiger partial charge in [0.1, 0.15) is 17.0 Å². The zero-order valence-electron chi connectivity index (χ0n) is 26.0. The van der Waals surface area contributed by atoms with Gasteiger partial charge in [0.05, 0.1) is 24.6 Å². The number of aromatic hydroxyl groups is 1. The second kappa shape index (κ2) is 13.9. The highest BCUT2D eigenvalue weighted by Gasteiger charge is 2.37. The van der Waals surface area contributed by atoms with Crippen molar-refractivity contribution in [1.29, 1.82) is 0 Å². The van der Waals surface area contributed by atoms with Gasteiger partial charge in [-0.15, -0.1) is 5.10 Å². The Morgan fingerprint density at radius 2 is 1.89 bits per heavy atom. The highest BCUT2D eigenvalue weighted by atomic mass is 79.9. The van der Waals surface area contributed by atoms with Crippen LogP contribution >= 0.6 is 15.9 Å². The van der Waals surface area contributed by atoms with Gasteiger partial charge in [-0.05, 0) is 92.6 Å². The normalized spacial score (nSPS) is 15.8. The number of rotatable bonds is 12. The molecule has 1 aliphatic rings. The summed E-state index contributed by atoms with van der Waals surface area (Å²) in [7, 11) is -4.11. The van der Waals surface area contributed by atoms with Gasteiger partial charge in [0.25, 0.3) is 0 Å². The number of nitrogens with zero attached hydrogens (tertiary/aromatic N) is 4. The van der Waals surface area contributed by atoms with E-state index in [-0.39, 0.29) is 43.0 Å². The van der Waals surface area contributed by atoms with Gasteiger partial charge in [0.15, 0.2) is 0 Å². The Morgan fingerprint density at radius 3 is 2.64 bits per heavy atom. The Bertz CT molecular complexity index is 1810. The standard InChI is InChI=1S/C33H39BrN4O6S/c1-5-43-32(40)19-29(27-12-13-30-33(22(27)3)35-36-37(30)16-8-6-7-15-34)24-10-9-21(2)28(18-24)23(4)38-20-25-17-26(39)11-14-31(25)44-45(38,41)42/h9-14,17-18,23,29,39H,5-8,15-16,19-20H2,1-4H3/t23-,29?/m1/s1. The Labute approximate surface area is 272 Å². The number of alkyl halides is 1. The number of esters is 1. The molecule has 0 aliphatic carbocycles. The van der Waals surface area contributed by atoms with Crippen LogP contribution in [0.2, 0.25) is 0 Å². The van der Waals surface area contributed by atoms with Crippen molar-refractivity contribution >= 4 is 43.2 Å². The molecule has 3 aromatic carbocycles. The number of aryl methyl sites for hydroxylation is 3. The molecule has 12 heteroatoms. The number of hydrogen-bond donors (Lipinski definition) is 1. The fraction of sp³-hybridized carbons (Fsp3) is 0.424. The first-order valence-corrected chi connectivity index (χ1v) is 17.7. The fourth-order valence-electron chi connectivity index (χ4n) is 6.04. The highest BCUT2D eigenvalue weighted by molar-refractivity contribution is 9.09. The lowest BCUT2D eigenvalue weighted by molar-refractivity contribution is -0.143. The van der Waals surface area contributed by atoms with Crippen molar-refractivity contribution in [2.24, 2.45) is 0 Å². The summed E-state index contributed by atoms with van der Waals surface area (Å²) in [4.78, 5) is 12.9. The molecule has 0 amide bonds. The number of halogens is 1. The molecule has 2 heterocycles. The largest absolute Gasteiger partial charge is 0.508 e. The van der Waals surface area contributed by atoms with Gasteiger partial charge in [-0.25, -0.2) is 4.68 Å². The maximum absolute atomic E-state index is 13.2. The Kier molecular flexibility index (Phi) is 10.1. The fourth-order valence-corrected chi connectivity index (χ4v) is 7.72. The smallest absolute Gasteiger partial charge is 0.386 e. The molecule has 1 aromatic heterocycles. The Morgan fingerprint density at radius 1 is 1.09 bits per heavy atom. The summed E-state index contributed by atoms with van der Waals surface area (Å²) in [6, 6.07) is 13.7. The predicted octanol–water partition coefficient (Wildman–Crippen LogP) is 6.60. The zero-order chi connectivity index (χ0) is 32.3. The minimum Gasteiger partial charge on any atom is -0.508 e. The summed E-state index contributed by atoms with van der Waals surface area (Å²) in [5.41, 5.74) is 6.72. The number of benzene rings is 3. The molecular weight excluding hydrogens is 660 g/mol. The van der Waals surface area contributed by atoms with E-state index in [1.165, 1.54) is 22.5 Å². The third kappa shape index (κ3) is 7.02. The van der Waals surface area contributed by atoms with Crippen LogP contribution in [0.5, 0.6) is 11.5 Å². The molecule has 2 atom stereocenters. The van der Waals surface area contributed by atoms with Crippen LogP contribution in [0.25, 0.3) is 11.0 Å². The van der Waals surface area contributed by atoms with E-state index < -0.39 is 16.3 Å². The Hall–Kier alpha value is -3.48. The van der Waals surface area contributed by atoms with Crippen LogP contribution < -0.4 is 4.18 Å². The van der Waals surface area contributed by atoms with E-state index in [1.54, 1.807) is 6.92 Å². The molecule has 0 radical (unpaired) electrons. The van der Waals surface area contributed by atoms with Gasteiger partial charge in [-0.2, -0.15) is 12.7 Å². The number of fused-ring (bicyclic) bond motifs is 2. The van der Waals surface area contributed by atoms with Crippen molar-refractivity contribution in [3.8, 4) is 11.5 Å². The van der Waals surface area contributed by atoms with Crippen LogP contribution in [0.15, 0.2) is 48.5 Å². The third-order valence-electron chi connectivity index (χ3n) is 8.48. The molecule has 0 spiro atoms. The van der Waals surface area contributed by atoms with Crippen LogP contribution in [0.4, 0.5) is 0 Å². The lowest BCUT2D eigenvalue weighted by atomic mass is 9.83. The molecule has 0 saturated carbocycles. The number of aromatic nitrogens is 3. The summed E-state index contributed by atoms with van der Waals surface area (Å²) in [6.45, 7) is 8.63. The molecule has 1 aliphatic heterocycles. The SMILES string of the molecule is CCOC(=O)CC(c1ccc(C)c([C@@H](C)N2Cc3cc(O)ccc3OS2(=O)=O)c1)c1ccc2c(nnn2CCCCCBr)c1C. The first kappa shape index (κ1) is 32.9. The second-order valence-electron chi connectivity index (χ2n) is 11.4. The van der Waals surface area contributed by atoms with E-state index in [0.717, 1.165) is 70.0 Å². The zero-order valence-corrected chi connectivity index (χ0v) is 28.4. The average Bonchev–Trinajstić information content (AvgIpc) is 3.42. The van der Waals surface area contributed by atoms with Crippen LogP contribution in [0, 0.1) is 13.8 Å². The summed E-state index contributed by atoms with van der Waals surface area (Å²) < 4.78 is 40.5. The van der Waals surface area contributed by atoms with Crippen LogP contribution in [0.1, 0.15) is 84.9 Å². The summed E-state index contributed by atoms with van der Waals surface area (Å²) in [5, 5.41) is 19.9. The number of ether oxygens (including phenoxy) is 1. The number of hydrogen-bond acceptors (Lipinski definition) is 8. The lowest BCUT2D eigenvalue weighted by Crippen LogP contribution is -2.39. The summed E-state index contributed by atoms with van der Waals surface area (Å²) in [6.07, 6.45) is 3.32. The van der Waals surface area contributed by atoms with Gasteiger partial charge >= 0.3 is 16.3 Å². The molecular formula is C33H39BrN4O6S. The minimum absolute atomic E-state index is 0.0336. The summed E-state index contributed by atoms with van der Waals surface area (Å²) in [5.74, 6) is -0.448. The van der Waals surface area contributed by atoms with Crippen molar-refractivity contribution in [2.45, 2.75) is 78.4 Å². The van der Waals surface area contributed by atoms with E-state index in [0.29, 0.717) is 5.56 Å². The maximum Gasteiger partial charge on any atom is 0.386 e. The van der Waals surface area contributed by atoms with Gasteiger partial charge in [-0.3, -0.25) is 4.79 Å². The quantitative estimate of drug-likeness (QED) is 0.0997. The molecule has 5 rings (SSSR count). The average molecular weight is 700 g/mol.